The molecule has 2 N–H and O–H groups in total. The number of nitriles is 1. The van der Waals surface area contributed by atoms with Crippen molar-refractivity contribution in [3.8, 4) is 22.9 Å². The van der Waals surface area contributed by atoms with Gasteiger partial charge in [0, 0.05) is 23.8 Å². The van der Waals surface area contributed by atoms with Crippen LogP contribution in [-0.2, 0) is 4.79 Å². The summed E-state index contributed by atoms with van der Waals surface area (Å²) in [6.07, 6.45) is 2.77. The van der Waals surface area contributed by atoms with Crippen molar-refractivity contribution in [3.63, 3.8) is 0 Å². The number of rotatable bonds is 7. The number of aliphatic hydroxyl groups is 1. The maximum Gasteiger partial charge on any atom is 0.243 e. The first-order valence-corrected chi connectivity index (χ1v) is 12.5. The lowest BCUT2D eigenvalue weighted by Crippen LogP contribution is -2.57. The number of carbonyl (C=O) groups is 1. The molecular weight excluding hydrogens is 470 g/mol. The van der Waals surface area contributed by atoms with E-state index in [1.807, 2.05) is 48.5 Å². The van der Waals surface area contributed by atoms with Crippen molar-refractivity contribution in [2.75, 3.05) is 10.7 Å². The monoisotopic (exact) mass is 493 g/mol. The van der Waals surface area contributed by atoms with E-state index in [9.17, 15) is 15.0 Å². The SMILES string of the molecule is N#Cc1ccc([C@@H](O)CS[C@H]2C(=O)N(c3ccc(-c4cccnc4)cc3)[C@@H]2c2ccc(O)cc2)cc1. The molecule has 3 atom stereocenters. The van der Waals surface area contributed by atoms with Crippen molar-refractivity contribution < 1.29 is 15.0 Å². The molecule has 1 aromatic heterocycles. The lowest BCUT2D eigenvalue weighted by Gasteiger charge is -2.47. The molecule has 1 fully saturated rings. The van der Waals surface area contributed by atoms with Gasteiger partial charge in [0.25, 0.3) is 0 Å². The molecule has 36 heavy (non-hydrogen) atoms. The number of phenols is 1. The number of aromatic hydroxyl groups is 1. The van der Waals surface area contributed by atoms with Gasteiger partial charge in [0.1, 0.15) is 11.0 Å². The zero-order valence-electron chi connectivity index (χ0n) is 19.2. The minimum absolute atomic E-state index is 0.0285. The smallest absolute Gasteiger partial charge is 0.243 e. The number of nitrogens with zero attached hydrogens (tertiary/aromatic N) is 3. The number of β-lactam (4-membered cyclic amide) rings is 1. The highest BCUT2D eigenvalue weighted by Gasteiger charge is 2.49. The van der Waals surface area contributed by atoms with Crippen LogP contribution in [0.5, 0.6) is 5.75 Å². The van der Waals surface area contributed by atoms with Crippen molar-refractivity contribution in [2.45, 2.75) is 17.4 Å². The highest BCUT2D eigenvalue weighted by molar-refractivity contribution is 8.00. The topological polar surface area (TPSA) is 97.5 Å². The number of hydrogen-bond acceptors (Lipinski definition) is 6. The number of hydrogen-bond donors (Lipinski definition) is 2. The number of aromatic nitrogens is 1. The third-order valence-electron chi connectivity index (χ3n) is 6.28. The molecule has 0 radical (unpaired) electrons. The molecule has 4 aromatic rings. The molecule has 1 aliphatic heterocycles. The Kier molecular flexibility index (Phi) is 6.72. The third kappa shape index (κ3) is 4.69. The van der Waals surface area contributed by atoms with Gasteiger partial charge in [-0.25, -0.2) is 0 Å². The van der Waals surface area contributed by atoms with Gasteiger partial charge in [0.2, 0.25) is 5.91 Å². The van der Waals surface area contributed by atoms with E-state index in [1.54, 1.807) is 53.7 Å². The summed E-state index contributed by atoms with van der Waals surface area (Å²) in [5.41, 5.74) is 4.95. The molecule has 0 unspecified atom stereocenters. The Bertz CT molecular complexity index is 1390. The van der Waals surface area contributed by atoms with Crippen molar-refractivity contribution in [1.29, 1.82) is 5.26 Å². The Labute approximate surface area is 213 Å². The molecule has 178 valence electrons. The van der Waals surface area contributed by atoms with Crippen LogP contribution in [0.3, 0.4) is 0 Å². The summed E-state index contributed by atoms with van der Waals surface area (Å²) in [5.74, 6) is 0.474. The number of pyridine rings is 1. The van der Waals surface area contributed by atoms with E-state index in [4.69, 9.17) is 5.26 Å². The molecule has 6 nitrogen and oxygen atoms in total. The minimum atomic E-state index is -0.760. The lowest BCUT2D eigenvalue weighted by molar-refractivity contribution is -0.123. The first kappa shape index (κ1) is 23.6. The standard InChI is InChI=1S/C29H23N3O3S/c30-16-19-3-5-21(6-4-19)26(34)18-36-28-27(22-9-13-25(33)14-10-22)32(29(28)35)24-11-7-20(8-12-24)23-2-1-15-31-17-23/h1-15,17,26-28,33-34H,18H2/t26-,27+,28+/m0/s1. The zero-order chi connectivity index (χ0) is 25.1. The molecule has 0 bridgehead atoms. The van der Waals surface area contributed by atoms with E-state index in [2.05, 4.69) is 11.1 Å². The molecule has 1 saturated heterocycles. The highest BCUT2D eigenvalue weighted by atomic mass is 32.2. The van der Waals surface area contributed by atoms with Gasteiger partial charge in [-0.2, -0.15) is 5.26 Å². The van der Waals surface area contributed by atoms with E-state index >= 15 is 0 Å². The molecule has 0 saturated carbocycles. The Morgan fingerprint density at radius 1 is 0.972 bits per heavy atom. The van der Waals surface area contributed by atoms with Crippen molar-refractivity contribution >= 4 is 23.4 Å². The maximum atomic E-state index is 13.3. The Morgan fingerprint density at radius 2 is 1.69 bits per heavy atom. The summed E-state index contributed by atoms with van der Waals surface area (Å²) in [7, 11) is 0. The van der Waals surface area contributed by atoms with Crippen molar-refractivity contribution in [1.82, 2.24) is 4.98 Å². The summed E-state index contributed by atoms with van der Waals surface area (Å²) in [6.45, 7) is 0. The van der Waals surface area contributed by atoms with E-state index in [0.717, 1.165) is 22.4 Å². The number of amides is 1. The average Bonchev–Trinajstić information content (AvgIpc) is 2.93. The van der Waals surface area contributed by atoms with Crippen LogP contribution < -0.4 is 4.90 Å². The van der Waals surface area contributed by atoms with Crippen LogP contribution >= 0.6 is 11.8 Å². The van der Waals surface area contributed by atoms with Crippen molar-refractivity contribution in [2.24, 2.45) is 0 Å². The summed E-state index contributed by atoms with van der Waals surface area (Å²) >= 11 is 1.41. The van der Waals surface area contributed by atoms with Gasteiger partial charge in [-0.05, 0) is 64.7 Å². The second-order valence-electron chi connectivity index (χ2n) is 8.54. The quantitative estimate of drug-likeness (QED) is 0.341. The van der Waals surface area contributed by atoms with Crippen LogP contribution in [0.1, 0.15) is 28.8 Å². The first-order valence-electron chi connectivity index (χ1n) is 11.5. The van der Waals surface area contributed by atoms with Gasteiger partial charge in [-0.15, -0.1) is 11.8 Å². The average molecular weight is 494 g/mol. The summed E-state index contributed by atoms with van der Waals surface area (Å²) < 4.78 is 0. The van der Waals surface area contributed by atoms with E-state index < -0.39 is 6.10 Å². The van der Waals surface area contributed by atoms with E-state index in [1.165, 1.54) is 11.8 Å². The molecular formula is C29H23N3O3S. The summed E-state index contributed by atoms with van der Waals surface area (Å²) in [4.78, 5) is 19.3. The fraction of sp³-hybridized carbons (Fsp3) is 0.138. The van der Waals surface area contributed by atoms with Gasteiger partial charge >= 0.3 is 0 Å². The van der Waals surface area contributed by atoms with Crippen molar-refractivity contribution in [3.05, 3.63) is 114 Å². The molecule has 3 aromatic carbocycles. The second kappa shape index (κ2) is 10.2. The van der Waals surface area contributed by atoms with Crippen LogP contribution in [-0.4, -0.2) is 32.1 Å². The molecule has 5 rings (SSSR count). The molecule has 7 heteroatoms. The normalized spacial score (nSPS) is 17.8. The van der Waals surface area contributed by atoms with Gasteiger partial charge in [0.05, 0.1) is 23.8 Å². The highest BCUT2D eigenvalue weighted by Crippen LogP contribution is 2.46. The van der Waals surface area contributed by atoms with Crippen LogP contribution in [0.4, 0.5) is 5.69 Å². The Balaban J connectivity index is 1.36. The predicted molar refractivity (Wildman–Crippen MR) is 140 cm³/mol. The van der Waals surface area contributed by atoms with E-state index in [-0.39, 0.29) is 22.9 Å². The van der Waals surface area contributed by atoms with Gasteiger partial charge < -0.3 is 15.1 Å². The van der Waals surface area contributed by atoms with E-state index in [0.29, 0.717) is 16.9 Å². The first-order chi connectivity index (χ1) is 17.5. The predicted octanol–water partition coefficient (Wildman–Crippen LogP) is 5.25. The molecule has 1 aliphatic rings. The third-order valence-corrected chi connectivity index (χ3v) is 7.61. The largest absolute Gasteiger partial charge is 0.508 e. The number of carbonyl (C=O) groups excluding carboxylic acids is 1. The maximum absolute atomic E-state index is 13.3. The molecule has 0 aliphatic carbocycles. The number of aliphatic hydroxyl groups excluding tert-OH is 1. The second-order valence-corrected chi connectivity index (χ2v) is 9.71. The number of phenolic OH excluding ortho intramolecular Hbond substituents is 1. The Morgan fingerprint density at radius 3 is 2.33 bits per heavy atom. The van der Waals surface area contributed by atoms with Gasteiger partial charge in [-0.1, -0.05) is 42.5 Å². The van der Waals surface area contributed by atoms with Gasteiger partial charge in [-0.3, -0.25) is 9.78 Å². The van der Waals surface area contributed by atoms with Crippen LogP contribution in [0.15, 0.2) is 97.3 Å². The number of anilines is 1. The number of thioether (sulfide) groups is 1. The fourth-order valence-corrected chi connectivity index (χ4v) is 5.63. The summed E-state index contributed by atoms with van der Waals surface area (Å²) in [6, 6.07) is 27.2. The van der Waals surface area contributed by atoms with Gasteiger partial charge in [0.15, 0.2) is 0 Å². The van der Waals surface area contributed by atoms with Crippen LogP contribution in [0.25, 0.3) is 11.1 Å². The van der Waals surface area contributed by atoms with Crippen LogP contribution in [0.2, 0.25) is 0 Å². The molecule has 2 heterocycles. The number of benzene rings is 3. The minimum Gasteiger partial charge on any atom is -0.508 e. The zero-order valence-corrected chi connectivity index (χ0v) is 20.0. The lowest BCUT2D eigenvalue weighted by atomic mass is 9.92. The fourth-order valence-electron chi connectivity index (χ4n) is 4.33. The molecule has 1 amide bonds. The van der Waals surface area contributed by atoms with Crippen LogP contribution in [0, 0.1) is 11.3 Å². The molecule has 0 spiro atoms. The Hall–Kier alpha value is -4.12. The summed E-state index contributed by atoms with van der Waals surface area (Å²) in [5, 5.41) is 29.1.